The average molecular weight is 450 g/mol. The van der Waals surface area contributed by atoms with Gasteiger partial charge in [0.25, 0.3) is 0 Å². The first-order valence-corrected chi connectivity index (χ1v) is 10.3. The Labute approximate surface area is 187 Å². The van der Waals surface area contributed by atoms with Crippen molar-refractivity contribution in [3.05, 3.63) is 59.7 Å². The minimum absolute atomic E-state index is 0.265. The molecule has 0 saturated carbocycles. The number of para-hydroxylation sites is 1. The summed E-state index contributed by atoms with van der Waals surface area (Å²) in [7, 11) is 1.66. The molecule has 9 nitrogen and oxygen atoms in total. The predicted octanol–water partition coefficient (Wildman–Crippen LogP) is 2.31. The molecule has 0 radical (unpaired) electrons. The number of nitrogens with one attached hydrogen (secondary N) is 1. The fourth-order valence-corrected chi connectivity index (χ4v) is 3.48. The molecular weight excluding hydrogens is 418 g/mol. The van der Waals surface area contributed by atoms with Crippen LogP contribution in [0.4, 0.5) is 4.79 Å². The first-order valence-electron chi connectivity index (χ1n) is 10.3. The lowest BCUT2D eigenvalue weighted by Gasteiger charge is -2.33. The Morgan fingerprint density at radius 1 is 1.00 bits per heavy atom. The molecule has 0 amide bonds. The molecule has 1 saturated heterocycles. The smallest absolute Gasteiger partial charge is 0.496 e. The number of carboxylic acid groups (broad SMARTS) is 2. The van der Waals surface area contributed by atoms with Gasteiger partial charge in [-0.15, -0.1) is 0 Å². The van der Waals surface area contributed by atoms with E-state index < -0.39 is 18.4 Å². The number of β-amino-alcohol motifs (C(OH)–C–C–N with tert-alkyl or cyclic N) is 2. The molecule has 1 aliphatic rings. The molecular formula is C23H31NO8. The molecule has 0 aliphatic carbocycles. The molecule has 3 rings (SSSR count). The second-order valence-electron chi connectivity index (χ2n) is 7.24. The summed E-state index contributed by atoms with van der Waals surface area (Å²) >= 11 is 0. The molecule has 1 fully saturated rings. The number of hydrogen-bond acceptors (Lipinski definition) is 7. The quantitative estimate of drug-likeness (QED) is 0.365. The summed E-state index contributed by atoms with van der Waals surface area (Å²) in [6, 6.07) is 15.4. The van der Waals surface area contributed by atoms with Crippen molar-refractivity contribution in [2.75, 3.05) is 33.4 Å². The molecule has 0 bridgehead atoms. The third kappa shape index (κ3) is 8.35. The Bertz CT molecular complexity index is 800. The average Bonchev–Trinajstić information content (AvgIpc) is 2.77. The van der Waals surface area contributed by atoms with Crippen LogP contribution in [-0.2, 0) is 11.3 Å². The topological polar surface area (TPSA) is 138 Å². The van der Waals surface area contributed by atoms with Crippen LogP contribution in [0.2, 0.25) is 0 Å². The molecule has 2 aromatic rings. The van der Waals surface area contributed by atoms with E-state index in [0.717, 1.165) is 29.0 Å². The van der Waals surface area contributed by atoms with Gasteiger partial charge in [0.15, 0.2) is 0 Å². The molecule has 0 aromatic heterocycles. The van der Waals surface area contributed by atoms with E-state index in [0.29, 0.717) is 32.9 Å². The third-order valence-electron chi connectivity index (χ3n) is 4.95. The van der Waals surface area contributed by atoms with E-state index in [9.17, 15) is 10.2 Å². The zero-order valence-corrected chi connectivity index (χ0v) is 18.0. The standard InChI is InChI=1S/C22H29NO5.CH2O3/c1-26-21-6-3-2-5-17(21)15-27-11-4-12-28-18-9-7-16(8-10-18)22-19(24)13-23-14-20(22)25;2-1(3)4/h2-3,5-10,19-20,22-25H,4,11-15H2,1H3;(H2,2,3,4)/t19-,20+,22?;. The van der Waals surface area contributed by atoms with Crippen molar-refractivity contribution < 1.29 is 39.4 Å². The SMILES string of the molecule is COc1ccccc1COCCCOc1ccc(C2[C@H](O)CNC[C@@H]2O)cc1.O=C(O)O. The summed E-state index contributed by atoms with van der Waals surface area (Å²) < 4.78 is 16.8. The van der Waals surface area contributed by atoms with Crippen molar-refractivity contribution in [1.29, 1.82) is 0 Å². The van der Waals surface area contributed by atoms with Crippen LogP contribution in [-0.4, -0.2) is 72.2 Å². The summed E-state index contributed by atoms with van der Waals surface area (Å²) in [5, 5.41) is 37.2. The van der Waals surface area contributed by atoms with Crippen molar-refractivity contribution in [2.45, 2.75) is 31.2 Å². The zero-order chi connectivity index (χ0) is 23.3. The van der Waals surface area contributed by atoms with Gasteiger partial charge < -0.3 is 40.0 Å². The molecule has 0 spiro atoms. The normalized spacial score (nSPS) is 20.0. The number of methoxy groups -OCH3 is 1. The lowest BCUT2D eigenvalue weighted by Crippen LogP contribution is -2.48. The number of rotatable bonds is 9. The highest BCUT2D eigenvalue weighted by atomic mass is 16.6. The minimum Gasteiger partial charge on any atom is -0.496 e. The molecule has 9 heteroatoms. The molecule has 1 aliphatic heterocycles. The predicted molar refractivity (Wildman–Crippen MR) is 117 cm³/mol. The largest absolute Gasteiger partial charge is 0.503 e. The molecule has 3 atom stereocenters. The summed E-state index contributed by atoms with van der Waals surface area (Å²) in [5.74, 6) is 1.34. The molecule has 32 heavy (non-hydrogen) atoms. The number of aliphatic hydroxyl groups excluding tert-OH is 2. The number of aliphatic hydroxyl groups is 2. The Morgan fingerprint density at radius 3 is 2.25 bits per heavy atom. The van der Waals surface area contributed by atoms with Crippen LogP contribution in [0.15, 0.2) is 48.5 Å². The number of hydrogen-bond donors (Lipinski definition) is 5. The van der Waals surface area contributed by atoms with E-state index in [1.54, 1.807) is 7.11 Å². The van der Waals surface area contributed by atoms with Crippen molar-refractivity contribution in [1.82, 2.24) is 5.32 Å². The van der Waals surface area contributed by atoms with Gasteiger partial charge in [0, 0.05) is 31.0 Å². The van der Waals surface area contributed by atoms with E-state index in [1.807, 2.05) is 48.5 Å². The van der Waals surface area contributed by atoms with Gasteiger partial charge in [-0.25, -0.2) is 4.79 Å². The fraction of sp³-hybridized carbons (Fsp3) is 0.435. The zero-order valence-electron chi connectivity index (χ0n) is 18.0. The van der Waals surface area contributed by atoms with Gasteiger partial charge in [-0.1, -0.05) is 30.3 Å². The van der Waals surface area contributed by atoms with Crippen LogP contribution in [0.3, 0.4) is 0 Å². The van der Waals surface area contributed by atoms with Crippen LogP contribution in [0, 0.1) is 0 Å². The van der Waals surface area contributed by atoms with Crippen molar-refractivity contribution in [3.63, 3.8) is 0 Å². The van der Waals surface area contributed by atoms with E-state index >= 15 is 0 Å². The highest BCUT2D eigenvalue weighted by molar-refractivity contribution is 5.53. The Morgan fingerprint density at radius 2 is 1.62 bits per heavy atom. The summed E-state index contributed by atoms with van der Waals surface area (Å²) in [5.41, 5.74) is 1.96. The minimum atomic E-state index is -1.83. The van der Waals surface area contributed by atoms with Crippen molar-refractivity contribution in [2.24, 2.45) is 0 Å². The Hall–Kier alpha value is -2.85. The van der Waals surface area contributed by atoms with Gasteiger partial charge >= 0.3 is 6.16 Å². The van der Waals surface area contributed by atoms with Gasteiger partial charge in [0.1, 0.15) is 11.5 Å². The van der Waals surface area contributed by atoms with Crippen LogP contribution in [0.25, 0.3) is 0 Å². The third-order valence-corrected chi connectivity index (χ3v) is 4.95. The van der Waals surface area contributed by atoms with Gasteiger partial charge in [-0.05, 0) is 23.8 Å². The second kappa shape index (κ2) is 13.5. The van der Waals surface area contributed by atoms with Crippen LogP contribution in [0.1, 0.15) is 23.5 Å². The molecule has 1 unspecified atom stereocenters. The van der Waals surface area contributed by atoms with E-state index in [-0.39, 0.29) is 5.92 Å². The number of benzene rings is 2. The molecule has 2 aromatic carbocycles. The maximum atomic E-state index is 10.1. The van der Waals surface area contributed by atoms with E-state index in [2.05, 4.69) is 5.32 Å². The Kier molecular flexibility index (Phi) is 10.8. The van der Waals surface area contributed by atoms with Gasteiger partial charge in [-0.3, -0.25) is 0 Å². The first-order chi connectivity index (χ1) is 15.4. The van der Waals surface area contributed by atoms with Gasteiger partial charge in [0.2, 0.25) is 0 Å². The van der Waals surface area contributed by atoms with E-state index in [1.165, 1.54) is 0 Å². The molecule has 1 heterocycles. The van der Waals surface area contributed by atoms with Crippen LogP contribution >= 0.6 is 0 Å². The maximum Gasteiger partial charge on any atom is 0.503 e. The van der Waals surface area contributed by atoms with Gasteiger partial charge in [0.05, 0.1) is 39.1 Å². The highest BCUT2D eigenvalue weighted by Crippen LogP contribution is 2.27. The monoisotopic (exact) mass is 449 g/mol. The summed E-state index contributed by atoms with van der Waals surface area (Å²) in [6.45, 7) is 2.66. The Balaban J connectivity index is 0.000000837. The molecule has 5 N–H and O–H groups in total. The first kappa shape index (κ1) is 25.4. The van der Waals surface area contributed by atoms with Crippen LogP contribution in [0.5, 0.6) is 11.5 Å². The summed E-state index contributed by atoms with van der Waals surface area (Å²) in [4.78, 5) is 8.56. The lowest BCUT2D eigenvalue weighted by atomic mass is 9.86. The molecule has 176 valence electrons. The number of carbonyl (C=O) groups is 1. The summed E-state index contributed by atoms with van der Waals surface area (Å²) in [6.07, 6.45) is -2.23. The number of piperidine rings is 1. The fourth-order valence-electron chi connectivity index (χ4n) is 3.48. The van der Waals surface area contributed by atoms with Crippen LogP contribution < -0.4 is 14.8 Å². The highest BCUT2D eigenvalue weighted by Gasteiger charge is 2.31. The second-order valence-corrected chi connectivity index (χ2v) is 7.24. The van der Waals surface area contributed by atoms with E-state index in [4.69, 9.17) is 29.2 Å². The number of ether oxygens (including phenoxy) is 3. The van der Waals surface area contributed by atoms with Crippen molar-refractivity contribution in [3.8, 4) is 11.5 Å². The maximum absolute atomic E-state index is 10.1. The lowest BCUT2D eigenvalue weighted by molar-refractivity contribution is 0.0264. The van der Waals surface area contributed by atoms with Gasteiger partial charge in [-0.2, -0.15) is 0 Å². The van der Waals surface area contributed by atoms with Crippen molar-refractivity contribution >= 4 is 6.16 Å².